The molecule has 2 aliphatic carbocycles. The molecule has 0 bridgehead atoms. The van der Waals surface area contributed by atoms with E-state index < -0.39 is 0 Å². The van der Waals surface area contributed by atoms with Crippen LogP contribution in [0.3, 0.4) is 0 Å². The van der Waals surface area contributed by atoms with Crippen molar-refractivity contribution in [2.75, 3.05) is 19.6 Å². The summed E-state index contributed by atoms with van der Waals surface area (Å²) in [4.78, 5) is 2.63. The summed E-state index contributed by atoms with van der Waals surface area (Å²) in [7, 11) is 0. The fourth-order valence-corrected chi connectivity index (χ4v) is 4.67. The van der Waals surface area contributed by atoms with E-state index >= 15 is 0 Å². The number of fused-ring (bicyclic) bond motifs is 2. The van der Waals surface area contributed by atoms with Crippen molar-refractivity contribution in [3.05, 3.63) is 34.9 Å². The fourth-order valence-electron chi connectivity index (χ4n) is 4.67. The number of nitrogens with zero attached hydrogens (tertiary/aromatic N) is 1. The van der Waals surface area contributed by atoms with Gasteiger partial charge >= 0.3 is 0 Å². The molecular formula is C18H26N2. The summed E-state index contributed by atoms with van der Waals surface area (Å²) < 4.78 is 0. The van der Waals surface area contributed by atoms with Crippen LogP contribution >= 0.6 is 0 Å². The van der Waals surface area contributed by atoms with Crippen LogP contribution in [0.15, 0.2) is 18.2 Å². The maximum Gasteiger partial charge on any atom is 0.0234 e. The van der Waals surface area contributed by atoms with Crippen LogP contribution in [0.1, 0.15) is 37.0 Å². The summed E-state index contributed by atoms with van der Waals surface area (Å²) in [5, 5.41) is 0. The van der Waals surface area contributed by atoms with Crippen LogP contribution < -0.4 is 5.73 Å². The molecule has 1 aromatic carbocycles. The Kier molecular flexibility index (Phi) is 2.77. The van der Waals surface area contributed by atoms with E-state index in [1.165, 1.54) is 31.5 Å². The normalized spacial score (nSPS) is 34.0. The first-order valence-corrected chi connectivity index (χ1v) is 8.13. The first kappa shape index (κ1) is 12.8. The number of benzene rings is 1. The minimum Gasteiger partial charge on any atom is -0.330 e. The molecule has 1 saturated heterocycles. The van der Waals surface area contributed by atoms with Gasteiger partial charge in [0, 0.05) is 19.6 Å². The van der Waals surface area contributed by atoms with E-state index in [0.717, 1.165) is 30.8 Å². The summed E-state index contributed by atoms with van der Waals surface area (Å²) >= 11 is 0. The molecule has 0 aromatic heterocycles. The smallest absolute Gasteiger partial charge is 0.0234 e. The second-order valence-corrected chi connectivity index (χ2v) is 7.80. The number of aryl methyl sites for hydroxylation is 1. The van der Waals surface area contributed by atoms with Crippen LogP contribution in [-0.4, -0.2) is 24.5 Å². The molecule has 1 aromatic rings. The Labute approximate surface area is 122 Å². The van der Waals surface area contributed by atoms with E-state index in [1.54, 1.807) is 11.1 Å². The lowest BCUT2D eigenvalue weighted by atomic mass is 9.86. The van der Waals surface area contributed by atoms with Crippen molar-refractivity contribution >= 4 is 0 Å². The average molecular weight is 270 g/mol. The Morgan fingerprint density at radius 3 is 2.70 bits per heavy atom. The van der Waals surface area contributed by atoms with Gasteiger partial charge in [0.1, 0.15) is 0 Å². The number of likely N-dealkylation sites (tertiary alicyclic amines) is 1. The lowest BCUT2D eigenvalue weighted by molar-refractivity contribution is 0.279. The van der Waals surface area contributed by atoms with Gasteiger partial charge in [-0.25, -0.2) is 0 Å². The second kappa shape index (κ2) is 4.32. The minimum atomic E-state index is 0.386. The van der Waals surface area contributed by atoms with Crippen LogP contribution in [0.25, 0.3) is 0 Å². The second-order valence-electron chi connectivity index (χ2n) is 7.80. The highest BCUT2D eigenvalue weighted by atomic mass is 15.2. The third-order valence-electron chi connectivity index (χ3n) is 6.04. The molecule has 2 heteroatoms. The molecule has 108 valence electrons. The molecule has 20 heavy (non-hydrogen) atoms. The van der Waals surface area contributed by atoms with Crippen molar-refractivity contribution < 1.29 is 0 Å². The van der Waals surface area contributed by atoms with E-state index in [4.69, 9.17) is 5.73 Å². The molecule has 3 aliphatic rings. The Balaban J connectivity index is 1.44. The van der Waals surface area contributed by atoms with Crippen molar-refractivity contribution in [1.29, 1.82) is 0 Å². The number of hydrogen-bond donors (Lipinski definition) is 1. The predicted octanol–water partition coefficient (Wildman–Crippen LogP) is 2.55. The highest BCUT2D eigenvalue weighted by Gasteiger charge is 2.54. The topological polar surface area (TPSA) is 29.3 Å². The lowest BCUT2D eigenvalue weighted by Gasteiger charge is -2.21. The van der Waals surface area contributed by atoms with E-state index in [0.29, 0.717) is 5.41 Å². The van der Waals surface area contributed by atoms with Crippen LogP contribution in [0.2, 0.25) is 0 Å². The lowest BCUT2D eigenvalue weighted by Crippen LogP contribution is -2.25. The number of rotatable bonds is 3. The minimum absolute atomic E-state index is 0.386. The SMILES string of the molecule is CC1(C)CCc2cc(CN3C[C@@H]4C(CN)[C@@H]4C3)ccc21. The summed E-state index contributed by atoms with van der Waals surface area (Å²) in [6, 6.07) is 7.21. The molecule has 1 saturated carbocycles. The van der Waals surface area contributed by atoms with E-state index in [9.17, 15) is 0 Å². The summed E-state index contributed by atoms with van der Waals surface area (Å²) in [6.45, 7) is 9.33. The number of nitrogens with two attached hydrogens (primary N) is 1. The molecular weight excluding hydrogens is 244 g/mol. The predicted molar refractivity (Wildman–Crippen MR) is 82.6 cm³/mol. The van der Waals surface area contributed by atoms with E-state index in [-0.39, 0.29) is 0 Å². The Morgan fingerprint density at radius 1 is 1.25 bits per heavy atom. The van der Waals surface area contributed by atoms with Crippen LogP contribution in [0.4, 0.5) is 0 Å². The first-order valence-electron chi connectivity index (χ1n) is 8.13. The zero-order valence-electron chi connectivity index (χ0n) is 12.7. The van der Waals surface area contributed by atoms with Gasteiger partial charge in [-0.2, -0.15) is 0 Å². The van der Waals surface area contributed by atoms with Gasteiger partial charge in [0.05, 0.1) is 0 Å². The van der Waals surface area contributed by atoms with E-state index in [1.807, 2.05) is 0 Å². The van der Waals surface area contributed by atoms with Gasteiger partial charge in [-0.05, 0) is 59.2 Å². The standard InChI is InChI=1S/C18H26N2/c1-18(2)6-5-13-7-12(3-4-17(13)18)9-20-10-15-14(8-19)16(15)11-20/h3-4,7,14-16H,5-6,8-11,19H2,1-2H3/t14?,15-,16+. The maximum atomic E-state index is 5.79. The highest BCUT2D eigenvalue weighted by molar-refractivity contribution is 5.41. The molecule has 2 nitrogen and oxygen atoms in total. The van der Waals surface area contributed by atoms with Crippen molar-refractivity contribution in [2.24, 2.45) is 23.5 Å². The highest BCUT2D eigenvalue weighted by Crippen LogP contribution is 2.51. The molecule has 2 fully saturated rings. The van der Waals surface area contributed by atoms with Crippen LogP contribution in [-0.2, 0) is 18.4 Å². The molecule has 1 unspecified atom stereocenters. The Bertz CT molecular complexity index is 522. The van der Waals surface area contributed by atoms with Crippen molar-refractivity contribution in [3.63, 3.8) is 0 Å². The van der Waals surface area contributed by atoms with Gasteiger partial charge in [-0.15, -0.1) is 0 Å². The summed E-state index contributed by atoms with van der Waals surface area (Å²) in [5.74, 6) is 2.66. The quantitative estimate of drug-likeness (QED) is 0.914. The zero-order chi connectivity index (χ0) is 13.9. The zero-order valence-corrected chi connectivity index (χ0v) is 12.7. The molecule has 0 amide bonds. The van der Waals surface area contributed by atoms with Gasteiger partial charge in [-0.3, -0.25) is 4.90 Å². The molecule has 1 heterocycles. The Hall–Kier alpha value is -0.860. The number of piperidine rings is 1. The largest absolute Gasteiger partial charge is 0.330 e. The number of hydrogen-bond acceptors (Lipinski definition) is 2. The van der Waals surface area contributed by atoms with E-state index in [2.05, 4.69) is 36.9 Å². The average Bonchev–Trinajstić information content (AvgIpc) is 2.75. The van der Waals surface area contributed by atoms with Crippen molar-refractivity contribution in [3.8, 4) is 0 Å². The van der Waals surface area contributed by atoms with Crippen molar-refractivity contribution in [1.82, 2.24) is 4.90 Å². The van der Waals surface area contributed by atoms with Gasteiger partial charge in [0.15, 0.2) is 0 Å². The molecule has 0 spiro atoms. The Morgan fingerprint density at radius 2 is 2.00 bits per heavy atom. The monoisotopic (exact) mass is 270 g/mol. The first-order chi connectivity index (χ1) is 9.58. The van der Waals surface area contributed by atoms with Crippen LogP contribution in [0, 0.1) is 17.8 Å². The summed E-state index contributed by atoms with van der Waals surface area (Å²) in [5.41, 5.74) is 10.9. The molecule has 0 radical (unpaired) electrons. The fraction of sp³-hybridized carbons (Fsp3) is 0.667. The van der Waals surface area contributed by atoms with Crippen molar-refractivity contribution in [2.45, 2.75) is 38.6 Å². The van der Waals surface area contributed by atoms with Gasteiger partial charge in [-0.1, -0.05) is 32.0 Å². The maximum absolute atomic E-state index is 5.79. The molecule has 1 aliphatic heterocycles. The molecule has 3 atom stereocenters. The molecule has 2 N–H and O–H groups in total. The van der Waals surface area contributed by atoms with Gasteiger partial charge in [0.25, 0.3) is 0 Å². The van der Waals surface area contributed by atoms with Gasteiger partial charge < -0.3 is 5.73 Å². The third kappa shape index (κ3) is 1.93. The molecule has 4 rings (SSSR count). The van der Waals surface area contributed by atoms with Crippen LogP contribution in [0.5, 0.6) is 0 Å². The van der Waals surface area contributed by atoms with Gasteiger partial charge in [0.2, 0.25) is 0 Å². The summed E-state index contributed by atoms with van der Waals surface area (Å²) in [6.07, 6.45) is 2.56. The third-order valence-corrected chi connectivity index (χ3v) is 6.04.